The molecule has 0 aliphatic carbocycles. The molecule has 14 heteroatoms. The molecule has 0 fully saturated rings. The predicted octanol–water partition coefficient (Wildman–Crippen LogP) is 4.11. The van der Waals surface area contributed by atoms with Crippen LogP contribution < -0.4 is 0 Å². The van der Waals surface area contributed by atoms with E-state index in [1.807, 2.05) is 0 Å². The number of unbranched alkanes of at least 4 members (excludes halogenated alkanes) is 5. The number of rotatable bonds is 12. The SMILES string of the molecule is C=CC(=O)OCCCCCCCCOOC(C(C(F)(F)F)C(F)(F)F)=S(=O)(O)O. The van der Waals surface area contributed by atoms with Crippen LogP contribution in [-0.4, -0.2) is 49.9 Å². The zero-order chi connectivity index (χ0) is 22.7. The maximum Gasteiger partial charge on any atom is 0.407 e. The first-order valence-corrected chi connectivity index (χ1v) is 9.76. The van der Waals surface area contributed by atoms with Crippen molar-refractivity contribution in [3.8, 4) is 0 Å². The molecule has 0 rings (SSSR count). The van der Waals surface area contributed by atoms with Gasteiger partial charge in [0.05, 0.1) is 13.2 Å². The van der Waals surface area contributed by atoms with Gasteiger partial charge >= 0.3 is 18.3 Å². The Morgan fingerprint density at radius 3 is 1.79 bits per heavy atom. The van der Waals surface area contributed by atoms with E-state index in [0.717, 1.165) is 18.9 Å². The van der Waals surface area contributed by atoms with Crippen molar-refractivity contribution in [3.63, 3.8) is 0 Å². The molecule has 0 heterocycles. The average molecular weight is 460 g/mol. The van der Waals surface area contributed by atoms with Crippen molar-refractivity contribution < 1.29 is 59.0 Å². The van der Waals surface area contributed by atoms with Gasteiger partial charge < -0.3 is 4.74 Å². The number of ether oxygens (including phenoxy) is 1. The monoisotopic (exact) mass is 460 g/mol. The predicted molar refractivity (Wildman–Crippen MR) is 89.9 cm³/mol. The molecule has 0 spiro atoms. The van der Waals surface area contributed by atoms with Crippen molar-refractivity contribution in [2.75, 3.05) is 13.2 Å². The van der Waals surface area contributed by atoms with E-state index in [-0.39, 0.29) is 13.0 Å². The van der Waals surface area contributed by atoms with Gasteiger partial charge in [-0.2, -0.15) is 31.2 Å². The Morgan fingerprint density at radius 2 is 1.38 bits per heavy atom. The zero-order valence-electron chi connectivity index (χ0n) is 15.1. The minimum atomic E-state index is -6.04. The van der Waals surface area contributed by atoms with E-state index in [4.69, 9.17) is 13.8 Å². The minimum absolute atomic E-state index is 0.166. The fourth-order valence-electron chi connectivity index (χ4n) is 2.00. The summed E-state index contributed by atoms with van der Waals surface area (Å²) < 4.78 is 109. The molecule has 0 atom stereocenters. The third kappa shape index (κ3) is 12.1. The maximum absolute atomic E-state index is 12.6. The summed E-state index contributed by atoms with van der Waals surface area (Å²) in [5.41, 5.74) is 0. The molecular formula is C15H22F6O7S. The van der Waals surface area contributed by atoms with Gasteiger partial charge in [0.15, 0.2) is 0 Å². The van der Waals surface area contributed by atoms with E-state index in [2.05, 4.69) is 16.4 Å². The first-order chi connectivity index (χ1) is 13.2. The maximum atomic E-state index is 12.6. The van der Waals surface area contributed by atoms with E-state index in [1.165, 1.54) is 0 Å². The van der Waals surface area contributed by atoms with Crippen molar-refractivity contribution in [2.45, 2.75) is 50.9 Å². The fraction of sp³-hybridized carbons (Fsp3) is 0.733. The second-order valence-corrected chi connectivity index (χ2v) is 7.13. The van der Waals surface area contributed by atoms with Crippen LogP contribution in [0.4, 0.5) is 26.3 Å². The lowest BCUT2D eigenvalue weighted by molar-refractivity contribution is -0.285. The summed E-state index contributed by atoms with van der Waals surface area (Å²) in [6, 6.07) is 0. The molecule has 0 aliphatic heterocycles. The van der Waals surface area contributed by atoms with Gasteiger partial charge in [0.2, 0.25) is 21.1 Å². The molecule has 0 radical (unpaired) electrons. The molecule has 0 aliphatic rings. The summed E-state index contributed by atoms with van der Waals surface area (Å²) in [6.07, 6.45) is -7.72. The average Bonchev–Trinajstić information content (AvgIpc) is 2.54. The van der Waals surface area contributed by atoms with Crippen LogP contribution in [0.1, 0.15) is 38.5 Å². The van der Waals surface area contributed by atoms with Crippen LogP contribution >= 0.6 is 0 Å². The van der Waals surface area contributed by atoms with Gasteiger partial charge in [-0.1, -0.05) is 32.3 Å². The van der Waals surface area contributed by atoms with Crippen molar-refractivity contribution in [1.29, 1.82) is 0 Å². The molecule has 0 amide bonds. The highest BCUT2D eigenvalue weighted by atomic mass is 32.2. The summed E-state index contributed by atoms with van der Waals surface area (Å²) in [4.78, 5) is 18.7. The van der Waals surface area contributed by atoms with Crippen LogP contribution in [0.25, 0.3) is 0 Å². The smallest absolute Gasteiger partial charge is 0.407 e. The highest BCUT2D eigenvalue weighted by Crippen LogP contribution is 2.40. The van der Waals surface area contributed by atoms with E-state index >= 15 is 0 Å². The second kappa shape index (κ2) is 12.4. The Labute approximate surface area is 163 Å². The third-order valence-electron chi connectivity index (χ3n) is 3.33. The van der Waals surface area contributed by atoms with Crippen LogP contribution in [0.3, 0.4) is 0 Å². The molecule has 0 saturated carbocycles. The molecule has 0 aromatic carbocycles. The minimum Gasteiger partial charge on any atom is -0.463 e. The molecular weight excluding hydrogens is 438 g/mol. The highest BCUT2D eigenvalue weighted by Gasteiger charge is 2.61. The number of alkyl halides is 6. The van der Waals surface area contributed by atoms with Gasteiger partial charge in [-0.05, 0) is 12.8 Å². The Balaban J connectivity index is 4.33. The summed E-state index contributed by atoms with van der Waals surface area (Å²) >= 11 is 0. The number of halogens is 6. The third-order valence-corrected chi connectivity index (χ3v) is 4.15. The largest absolute Gasteiger partial charge is 0.463 e. The Bertz CT molecular complexity index is 616. The Kier molecular flexibility index (Phi) is 11.8. The molecule has 2 N–H and O–H groups in total. The van der Waals surface area contributed by atoms with Crippen LogP contribution in [0, 0.1) is 5.92 Å². The summed E-state index contributed by atoms with van der Waals surface area (Å²) in [7, 11) is -5.71. The normalized spacial score (nSPS) is 12.9. The molecule has 0 aromatic heterocycles. The molecule has 7 nitrogen and oxygen atoms in total. The van der Waals surface area contributed by atoms with Crippen LogP contribution in [0.2, 0.25) is 0 Å². The number of carbonyl (C=O) groups excluding carboxylic acids is 1. The molecule has 29 heavy (non-hydrogen) atoms. The number of hydrogen-bond acceptors (Lipinski definition) is 5. The Hall–Kier alpha value is -1.35. The first kappa shape index (κ1) is 27.6. The lowest BCUT2D eigenvalue weighted by Crippen LogP contribution is -2.45. The fourth-order valence-corrected chi connectivity index (χ4v) is 2.71. The number of esters is 1. The highest BCUT2D eigenvalue weighted by molar-refractivity contribution is 7.91. The van der Waals surface area contributed by atoms with E-state index in [9.17, 15) is 35.3 Å². The summed E-state index contributed by atoms with van der Waals surface area (Å²) in [6.45, 7) is 2.98. The van der Waals surface area contributed by atoms with Crippen molar-refractivity contribution >= 4 is 21.1 Å². The van der Waals surface area contributed by atoms with E-state index in [1.54, 1.807) is 0 Å². The molecule has 0 bridgehead atoms. The summed E-state index contributed by atoms with van der Waals surface area (Å²) in [5.74, 6) is -5.03. The van der Waals surface area contributed by atoms with Gasteiger partial charge in [0.25, 0.3) is 0 Å². The second-order valence-electron chi connectivity index (χ2n) is 5.73. The lowest BCUT2D eigenvalue weighted by atomic mass is 10.1. The van der Waals surface area contributed by atoms with Gasteiger partial charge in [-0.25, -0.2) is 13.9 Å². The van der Waals surface area contributed by atoms with Gasteiger partial charge in [0, 0.05) is 6.08 Å². The summed E-state index contributed by atoms with van der Waals surface area (Å²) in [5, 5.41) is -2.58. The van der Waals surface area contributed by atoms with Crippen molar-refractivity contribution in [2.24, 2.45) is 5.92 Å². The molecule has 172 valence electrons. The van der Waals surface area contributed by atoms with Crippen molar-refractivity contribution in [1.82, 2.24) is 0 Å². The zero-order valence-corrected chi connectivity index (χ0v) is 15.9. The number of hydrogen-bond donors (Lipinski definition) is 2. The van der Waals surface area contributed by atoms with E-state index in [0.29, 0.717) is 19.3 Å². The molecule has 0 aromatic rings. The van der Waals surface area contributed by atoms with Crippen LogP contribution in [-0.2, 0) is 29.4 Å². The molecule has 0 saturated heterocycles. The van der Waals surface area contributed by atoms with Gasteiger partial charge in [0.1, 0.15) is 0 Å². The standard InChI is InChI=1S/C15H22F6O7S/c1-2-11(22)26-9-7-5-3-4-6-8-10-27-28-13(29(23,24)25)12(14(16,17)18)15(19,20)21/h2,12H,1,3-10H2,(H2,23,24,25). The van der Waals surface area contributed by atoms with Gasteiger partial charge in [-0.3, -0.25) is 9.11 Å². The topological polar surface area (TPSA) is 102 Å². The lowest BCUT2D eigenvalue weighted by Gasteiger charge is -2.24. The number of carbonyl (C=O) groups is 1. The van der Waals surface area contributed by atoms with Crippen LogP contribution in [0.15, 0.2) is 12.7 Å². The van der Waals surface area contributed by atoms with Crippen molar-refractivity contribution in [3.05, 3.63) is 12.7 Å². The quantitative estimate of drug-likeness (QED) is 0.0860. The molecule has 0 unspecified atom stereocenters. The first-order valence-electron chi connectivity index (χ1n) is 8.29. The van der Waals surface area contributed by atoms with Crippen LogP contribution in [0.5, 0.6) is 0 Å². The van der Waals surface area contributed by atoms with Gasteiger partial charge in [-0.15, -0.1) is 0 Å². The van der Waals surface area contributed by atoms with E-state index < -0.39 is 46.0 Å². The Morgan fingerprint density at radius 1 is 0.931 bits per heavy atom.